The van der Waals surface area contributed by atoms with Crippen LogP contribution in [0.25, 0.3) is 17.4 Å². The number of nitrogens with zero attached hydrogens (tertiary/aromatic N) is 3. The third-order valence-corrected chi connectivity index (χ3v) is 5.12. The van der Waals surface area contributed by atoms with Gasteiger partial charge in [0.15, 0.2) is 0 Å². The highest BCUT2D eigenvalue weighted by Crippen LogP contribution is 2.33. The van der Waals surface area contributed by atoms with Crippen LogP contribution in [0.4, 0.5) is 16.2 Å². The molecular formula is C22H14ClN3O6. The number of carbonyl (C=O) groups excluding carboxylic acids is 3. The molecule has 0 spiro atoms. The summed E-state index contributed by atoms with van der Waals surface area (Å²) in [6.07, 6.45) is 1.24. The molecule has 3 aromatic rings. The summed E-state index contributed by atoms with van der Waals surface area (Å²) in [7, 11) is 1.28. The van der Waals surface area contributed by atoms with E-state index in [1.54, 1.807) is 36.4 Å². The van der Waals surface area contributed by atoms with E-state index in [2.05, 4.69) is 0 Å². The molecule has 32 heavy (non-hydrogen) atoms. The number of non-ortho nitro benzene ring substituents is 1. The predicted molar refractivity (Wildman–Crippen MR) is 116 cm³/mol. The summed E-state index contributed by atoms with van der Waals surface area (Å²) in [5.41, 5.74) is 0.304. The van der Waals surface area contributed by atoms with Crippen molar-refractivity contribution >= 4 is 46.9 Å². The molecule has 0 bridgehead atoms. The number of barbiturate groups is 1. The van der Waals surface area contributed by atoms with Crippen LogP contribution < -0.4 is 4.90 Å². The van der Waals surface area contributed by atoms with Gasteiger partial charge in [0, 0.05) is 24.7 Å². The van der Waals surface area contributed by atoms with Crippen LogP contribution in [0.15, 0.2) is 70.7 Å². The van der Waals surface area contributed by atoms with Crippen molar-refractivity contribution < 1.29 is 23.7 Å². The van der Waals surface area contributed by atoms with E-state index in [0.717, 1.165) is 9.80 Å². The second-order valence-corrected chi connectivity index (χ2v) is 7.21. The number of para-hydroxylation sites is 1. The first-order chi connectivity index (χ1) is 15.3. The van der Waals surface area contributed by atoms with Crippen molar-refractivity contribution in [2.24, 2.45) is 0 Å². The number of hydrogen-bond acceptors (Lipinski definition) is 6. The second kappa shape index (κ2) is 8.12. The lowest BCUT2D eigenvalue weighted by molar-refractivity contribution is -0.384. The van der Waals surface area contributed by atoms with Crippen LogP contribution in [0.3, 0.4) is 0 Å². The van der Waals surface area contributed by atoms with E-state index in [0.29, 0.717) is 11.3 Å². The zero-order valence-electron chi connectivity index (χ0n) is 16.5. The maximum Gasteiger partial charge on any atom is 0.338 e. The van der Waals surface area contributed by atoms with Gasteiger partial charge in [0.1, 0.15) is 17.1 Å². The Morgan fingerprint density at radius 3 is 2.38 bits per heavy atom. The van der Waals surface area contributed by atoms with Gasteiger partial charge in [-0.1, -0.05) is 29.8 Å². The number of likely N-dealkylation sites (N-methyl/N-ethyl adjacent to an activating group) is 1. The van der Waals surface area contributed by atoms with Crippen molar-refractivity contribution in [2.75, 3.05) is 11.9 Å². The molecule has 1 fully saturated rings. The van der Waals surface area contributed by atoms with E-state index in [1.165, 1.54) is 37.4 Å². The fourth-order valence-corrected chi connectivity index (χ4v) is 3.45. The van der Waals surface area contributed by atoms with Crippen LogP contribution in [-0.2, 0) is 9.59 Å². The van der Waals surface area contributed by atoms with Crippen molar-refractivity contribution in [1.29, 1.82) is 0 Å². The minimum atomic E-state index is -0.782. The molecule has 4 amide bonds. The highest BCUT2D eigenvalue weighted by Gasteiger charge is 2.41. The molecular weight excluding hydrogens is 438 g/mol. The summed E-state index contributed by atoms with van der Waals surface area (Å²) in [6.45, 7) is 0. The summed E-state index contributed by atoms with van der Waals surface area (Å²) in [5, 5.41) is 11.0. The third kappa shape index (κ3) is 3.65. The fraction of sp³-hybridized carbons (Fsp3) is 0.0455. The number of halogens is 1. The van der Waals surface area contributed by atoms with Gasteiger partial charge in [-0.15, -0.1) is 0 Å². The van der Waals surface area contributed by atoms with Gasteiger partial charge in [0.2, 0.25) is 0 Å². The molecule has 1 aromatic heterocycles. The van der Waals surface area contributed by atoms with Crippen molar-refractivity contribution in [3.8, 4) is 11.3 Å². The van der Waals surface area contributed by atoms with E-state index in [-0.39, 0.29) is 27.8 Å². The van der Waals surface area contributed by atoms with Crippen LogP contribution in [0.5, 0.6) is 0 Å². The lowest BCUT2D eigenvalue weighted by atomic mass is 10.1. The number of urea groups is 1. The average molecular weight is 452 g/mol. The normalized spacial score (nSPS) is 15.6. The standard InChI is InChI=1S/C22H14ClN3O6/c1-24-20(27)17(21(28)25(22(24)29)13-5-3-2-4-6-13)12-15-8-10-19(32-15)16-9-7-14(26(30)31)11-18(16)23/h2-12H,1H3/b17-12+. The molecule has 9 nitrogen and oxygen atoms in total. The SMILES string of the molecule is CN1C(=O)/C(=C\c2ccc(-c3ccc([N+](=O)[O-])cc3Cl)o2)C(=O)N(c2ccccc2)C1=O. The van der Waals surface area contributed by atoms with Crippen LogP contribution in [-0.4, -0.2) is 34.7 Å². The Kier molecular flexibility index (Phi) is 5.33. The molecule has 1 aliphatic rings. The van der Waals surface area contributed by atoms with Gasteiger partial charge >= 0.3 is 6.03 Å². The Labute approximate surface area is 186 Å². The average Bonchev–Trinajstić information content (AvgIpc) is 3.24. The number of furan rings is 1. The summed E-state index contributed by atoms with van der Waals surface area (Å²) < 4.78 is 5.70. The maximum absolute atomic E-state index is 13.0. The van der Waals surface area contributed by atoms with Gasteiger partial charge in [-0.05, 0) is 36.4 Å². The summed E-state index contributed by atoms with van der Waals surface area (Å²) >= 11 is 6.14. The molecule has 0 N–H and O–H groups in total. The van der Waals surface area contributed by atoms with Crippen LogP contribution in [0.1, 0.15) is 5.76 Å². The topological polar surface area (TPSA) is 114 Å². The first kappa shape index (κ1) is 21.0. The minimum absolute atomic E-state index is 0.109. The number of nitro groups is 1. The molecule has 1 aliphatic heterocycles. The third-order valence-electron chi connectivity index (χ3n) is 4.80. The number of nitro benzene ring substituents is 1. The number of benzene rings is 2. The Bertz CT molecular complexity index is 1300. The number of rotatable bonds is 4. The predicted octanol–water partition coefficient (Wildman–Crippen LogP) is 4.52. The largest absolute Gasteiger partial charge is 0.457 e. The number of amides is 4. The Hall–Kier alpha value is -4.24. The molecule has 0 aliphatic carbocycles. The lowest BCUT2D eigenvalue weighted by Crippen LogP contribution is -2.55. The zero-order chi connectivity index (χ0) is 23.0. The Morgan fingerprint density at radius 1 is 1.00 bits per heavy atom. The molecule has 2 heterocycles. The quantitative estimate of drug-likeness (QED) is 0.249. The van der Waals surface area contributed by atoms with Gasteiger partial charge in [-0.3, -0.25) is 24.6 Å². The van der Waals surface area contributed by atoms with Crippen LogP contribution in [0, 0.1) is 10.1 Å². The molecule has 0 atom stereocenters. The molecule has 2 aromatic carbocycles. The monoisotopic (exact) mass is 451 g/mol. The van der Waals surface area contributed by atoms with E-state index >= 15 is 0 Å². The summed E-state index contributed by atoms with van der Waals surface area (Å²) in [5.74, 6) is -1.09. The van der Waals surface area contributed by atoms with Crippen LogP contribution in [0.2, 0.25) is 5.02 Å². The zero-order valence-corrected chi connectivity index (χ0v) is 17.3. The molecule has 10 heteroatoms. The molecule has 0 unspecified atom stereocenters. The summed E-state index contributed by atoms with van der Waals surface area (Å²) in [4.78, 5) is 50.2. The summed E-state index contributed by atoms with van der Waals surface area (Å²) in [6, 6.07) is 14.5. The Morgan fingerprint density at radius 2 is 1.72 bits per heavy atom. The minimum Gasteiger partial charge on any atom is -0.457 e. The van der Waals surface area contributed by atoms with Crippen LogP contribution >= 0.6 is 11.6 Å². The Balaban J connectivity index is 1.70. The highest BCUT2D eigenvalue weighted by molar-refractivity contribution is 6.39. The van der Waals surface area contributed by atoms with Gasteiger partial charge in [-0.25, -0.2) is 9.69 Å². The first-order valence-electron chi connectivity index (χ1n) is 9.25. The van der Waals surface area contributed by atoms with Crippen molar-refractivity contribution in [1.82, 2.24) is 4.90 Å². The van der Waals surface area contributed by atoms with Crippen molar-refractivity contribution in [3.05, 3.63) is 87.1 Å². The van der Waals surface area contributed by atoms with E-state index in [9.17, 15) is 24.5 Å². The smallest absolute Gasteiger partial charge is 0.338 e. The molecule has 0 saturated carbocycles. The maximum atomic E-state index is 13.0. The van der Waals surface area contributed by atoms with Gasteiger partial charge in [0.05, 0.1) is 15.6 Å². The number of imide groups is 2. The van der Waals surface area contributed by atoms with E-state index in [1.807, 2.05) is 0 Å². The van der Waals surface area contributed by atoms with Gasteiger partial charge < -0.3 is 4.42 Å². The molecule has 0 radical (unpaired) electrons. The van der Waals surface area contributed by atoms with Gasteiger partial charge in [0.25, 0.3) is 17.5 Å². The fourth-order valence-electron chi connectivity index (χ4n) is 3.18. The van der Waals surface area contributed by atoms with Crippen molar-refractivity contribution in [3.63, 3.8) is 0 Å². The second-order valence-electron chi connectivity index (χ2n) is 6.80. The lowest BCUT2D eigenvalue weighted by Gasteiger charge is -2.31. The van der Waals surface area contributed by atoms with E-state index < -0.39 is 22.8 Å². The first-order valence-corrected chi connectivity index (χ1v) is 9.63. The number of anilines is 1. The van der Waals surface area contributed by atoms with Gasteiger partial charge in [-0.2, -0.15) is 0 Å². The number of hydrogen-bond donors (Lipinski definition) is 0. The molecule has 1 saturated heterocycles. The molecule has 160 valence electrons. The number of carbonyl (C=O) groups is 3. The molecule has 4 rings (SSSR count). The van der Waals surface area contributed by atoms with Crippen molar-refractivity contribution in [2.45, 2.75) is 0 Å². The van der Waals surface area contributed by atoms with E-state index in [4.69, 9.17) is 16.0 Å². The highest BCUT2D eigenvalue weighted by atomic mass is 35.5.